The van der Waals surface area contributed by atoms with Crippen molar-refractivity contribution in [2.24, 2.45) is 0 Å². The largest absolute Gasteiger partial charge is 0.208 e. The van der Waals surface area contributed by atoms with Crippen LogP contribution in [0.1, 0.15) is 22.3 Å². The maximum absolute atomic E-state index is 5.05. The highest BCUT2D eigenvalue weighted by Gasteiger charge is 2.50. The van der Waals surface area contributed by atoms with Crippen molar-refractivity contribution >= 4 is 11.8 Å². The Kier molecular flexibility index (Phi) is 7.64. The summed E-state index contributed by atoms with van der Waals surface area (Å²) >= 11 is 1.88. The number of fused-ring (bicyclic) bond motifs is 9. The lowest BCUT2D eigenvalue weighted by Gasteiger charge is -2.40. The van der Waals surface area contributed by atoms with Gasteiger partial charge in [-0.3, -0.25) is 0 Å². The molecule has 1 aliphatic carbocycles. The Labute approximate surface area is 330 Å². The number of hydrogen-bond donors (Lipinski definition) is 0. The molecule has 1 aliphatic heterocycles. The molecule has 3 nitrogen and oxygen atoms in total. The lowest BCUT2D eigenvalue weighted by atomic mass is 9.67. The predicted octanol–water partition coefficient (Wildman–Crippen LogP) is 13.0. The second-order valence-electron chi connectivity index (χ2n) is 14.3. The van der Waals surface area contributed by atoms with Gasteiger partial charge in [-0.25, -0.2) is 15.0 Å². The van der Waals surface area contributed by atoms with E-state index < -0.39 is 5.41 Å². The molecular weight excluding hydrogens is 699 g/mol. The number of nitrogens with zero attached hydrogens (tertiary/aromatic N) is 3. The normalized spacial score (nSPS) is 13.1. The smallest absolute Gasteiger partial charge is 0.164 e. The molecule has 4 heteroatoms. The van der Waals surface area contributed by atoms with Crippen molar-refractivity contribution in [3.05, 3.63) is 222 Å². The molecule has 11 rings (SSSR count). The fourth-order valence-corrected chi connectivity index (χ4v) is 9.91. The van der Waals surface area contributed by atoms with Gasteiger partial charge in [0, 0.05) is 26.5 Å². The van der Waals surface area contributed by atoms with Crippen LogP contribution in [0.5, 0.6) is 0 Å². The van der Waals surface area contributed by atoms with E-state index in [0.717, 1.165) is 27.8 Å². The first-order chi connectivity index (χ1) is 27.8. The van der Waals surface area contributed by atoms with E-state index >= 15 is 0 Å². The summed E-state index contributed by atoms with van der Waals surface area (Å²) < 4.78 is 0. The summed E-state index contributed by atoms with van der Waals surface area (Å²) in [5, 5.41) is 0. The molecule has 0 fully saturated rings. The summed E-state index contributed by atoms with van der Waals surface area (Å²) in [4.78, 5) is 17.6. The summed E-state index contributed by atoms with van der Waals surface area (Å²) in [6, 6.07) is 71.6. The molecule has 0 N–H and O–H groups in total. The summed E-state index contributed by atoms with van der Waals surface area (Å²) in [7, 11) is 0. The summed E-state index contributed by atoms with van der Waals surface area (Å²) in [6.07, 6.45) is 0. The minimum Gasteiger partial charge on any atom is -0.208 e. The Bertz CT molecular complexity index is 2840. The van der Waals surface area contributed by atoms with Crippen LogP contribution in [0.15, 0.2) is 210 Å². The Morgan fingerprint density at radius 3 is 1.36 bits per heavy atom. The van der Waals surface area contributed by atoms with Gasteiger partial charge < -0.3 is 0 Å². The van der Waals surface area contributed by atoms with Crippen LogP contribution in [0, 0.1) is 0 Å². The van der Waals surface area contributed by atoms with Gasteiger partial charge in [0.1, 0.15) is 0 Å². The van der Waals surface area contributed by atoms with Crippen molar-refractivity contribution in [1.82, 2.24) is 15.0 Å². The molecule has 2 aliphatic rings. The molecule has 2 heterocycles. The Morgan fingerprint density at radius 1 is 0.286 bits per heavy atom. The molecule has 0 atom stereocenters. The van der Waals surface area contributed by atoms with Crippen LogP contribution < -0.4 is 0 Å². The van der Waals surface area contributed by atoms with Gasteiger partial charge >= 0.3 is 0 Å². The van der Waals surface area contributed by atoms with Gasteiger partial charge in [0.15, 0.2) is 17.5 Å². The molecule has 1 spiro atoms. The molecule has 0 unspecified atom stereocenters. The van der Waals surface area contributed by atoms with E-state index in [1.807, 2.05) is 72.4 Å². The molecule has 8 aromatic carbocycles. The SMILES string of the molecule is c1ccc(-c2nc(-c3ccccc3)nc(-c3ccccc3-c3ccc(-c4ccc5c(c4)C4(c6ccccc6S5)c5ccccc5-c5ccccc54)cc3)n2)cc1. The van der Waals surface area contributed by atoms with E-state index in [1.54, 1.807) is 0 Å². The van der Waals surface area contributed by atoms with E-state index in [-0.39, 0.29) is 0 Å². The standard InChI is InChI=1S/C52H33N3S/c1-3-15-36(16-4-1)49-53-50(37-17-5-2-6-18-37)55-51(54-49)42-22-8-7-19-39(42)35-29-27-34(28-30-35)38-31-32-48-46(33-38)52(45-25-13-14-26-47(45)56-48)43-23-11-9-20-40(43)41-21-10-12-24-44(41)52/h1-33H. The maximum atomic E-state index is 5.05. The quantitative estimate of drug-likeness (QED) is 0.177. The first kappa shape index (κ1) is 32.5. The van der Waals surface area contributed by atoms with Crippen molar-refractivity contribution in [1.29, 1.82) is 0 Å². The average Bonchev–Trinajstić information content (AvgIpc) is 3.57. The third-order valence-corrected chi connectivity index (χ3v) is 12.4. The van der Waals surface area contributed by atoms with Gasteiger partial charge in [-0.05, 0) is 73.8 Å². The fourth-order valence-electron chi connectivity index (χ4n) is 8.74. The first-order valence-corrected chi connectivity index (χ1v) is 19.8. The van der Waals surface area contributed by atoms with E-state index in [4.69, 9.17) is 15.0 Å². The molecule has 0 saturated heterocycles. The van der Waals surface area contributed by atoms with Crippen molar-refractivity contribution in [3.63, 3.8) is 0 Å². The summed E-state index contributed by atoms with van der Waals surface area (Å²) in [5.74, 6) is 1.95. The predicted molar refractivity (Wildman–Crippen MR) is 228 cm³/mol. The number of rotatable bonds is 5. The Morgan fingerprint density at radius 2 is 0.732 bits per heavy atom. The third kappa shape index (κ3) is 5.10. The van der Waals surface area contributed by atoms with E-state index in [2.05, 4.69) is 140 Å². The second-order valence-corrected chi connectivity index (χ2v) is 15.4. The van der Waals surface area contributed by atoms with Gasteiger partial charge in [0.2, 0.25) is 0 Å². The van der Waals surface area contributed by atoms with Gasteiger partial charge in [0.25, 0.3) is 0 Å². The molecule has 0 radical (unpaired) electrons. The van der Waals surface area contributed by atoms with Gasteiger partial charge in [-0.15, -0.1) is 0 Å². The molecule has 262 valence electrons. The Hall–Kier alpha value is -6.88. The van der Waals surface area contributed by atoms with Crippen LogP contribution in [0.4, 0.5) is 0 Å². The zero-order valence-corrected chi connectivity index (χ0v) is 31.1. The second kappa shape index (κ2) is 13.2. The molecule has 0 saturated carbocycles. The minimum atomic E-state index is -0.402. The first-order valence-electron chi connectivity index (χ1n) is 18.9. The maximum Gasteiger partial charge on any atom is 0.164 e. The van der Waals surface area contributed by atoms with Gasteiger partial charge in [0.05, 0.1) is 5.41 Å². The van der Waals surface area contributed by atoms with Crippen LogP contribution in [0.3, 0.4) is 0 Å². The number of benzene rings is 8. The molecule has 1 aromatic heterocycles. The lowest BCUT2D eigenvalue weighted by Crippen LogP contribution is -2.32. The average molecular weight is 732 g/mol. The van der Waals surface area contributed by atoms with E-state index in [9.17, 15) is 0 Å². The van der Waals surface area contributed by atoms with Crippen LogP contribution >= 0.6 is 11.8 Å². The number of aromatic nitrogens is 3. The van der Waals surface area contributed by atoms with Crippen LogP contribution in [0.25, 0.3) is 67.5 Å². The fraction of sp³-hybridized carbons (Fsp3) is 0.0192. The van der Waals surface area contributed by atoms with E-state index in [0.29, 0.717) is 17.5 Å². The van der Waals surface area contributed by atoms with Crippen LogP contribution in [-0.4, -0.2) is 15.0 Å². The van der Waals surface area contributed by atoms with Crippen molar-refractivity contribution < 1.29 is 0 Å². The highest BCUT2D eigenvalue weighted by molar-refractivity contribution is 7.99. The minimum absolute atomic E-state index is 0.402. The van der Waals surface area contributed by atoms with Crippen molar-refractivity contribution in [2.75, 3.05) is 0 Å². The van der Waals surface area contributed by atoms with Gasteiger partial charge in [-0.2, -0.15) is 0 Å². The van der Waals surface area contributed by atoms with E-state index in [1.165, 1.54) is 54.3 Å². The topological polar surface area (TPSA) is 38.7 Å². The monoisotopic (exact) mass is 731 g/mol. The highest BCUT2D eigenvalue weighted by atomic mass is 32.2. The number of hydrogen-bond acceptors (Lipinski definition) is 4. The summed E-state index contributed by atoms with van der Waals surface area (Å²) in [6.45, 7) is 0. The third-order valence-electron chi connectivity index (χ3n) is 11.2. The lowest BCUT2D eigenvalue weighted by molar-refractivity contribution is 0.723. The zero-order chi connectivity index (χ0) is 37.1. The Balaban J connectivity index is 1.02. The molecule has 9 aromatic rings. The van der Waals surface area contributed by atoms with Crippen LogP contribution in [0.2, 0.25) is 0 Å². The van der Waals surface area contributed by atoms with Crippen molar-refractivity contribution in [2.45, 2.75) is 15.2 Å². The van der Waals surface area contributed by atoms with Gasteiger partial charge in [-0.1, -0.05) is 194 Å². The summed E-state index contributed by atoms with van der Waals surface area (Å²) in [5.41, 5.74) is 15.0. The molecule has 56 heavy (non-hydrogen) atoms. The molecule has 0 bridgehead atoms. The van der Waals surface area contributed by atoms with Crippen molar-refractivity contribution in [3.8, 4) is 67.5 Å². The molecular formula is C52H33N3S. The van der Waals surface area contributed by atoms with Crippen LogP contribution in [-0.2, 0) is 5.41 Å². The highest BCUT2D eigenvalue weighted by Crippen LogP contribution is 2.62. The zero-order valence-electron chi connectivity index (χ0n) is 30.3. The molecule has 0 amide bonds.